The Morgan fingerprint density at radius 2 is 0.882 bits per heavy atom. The maximum atomic E-state index is 3.95. The van der Waals surface area contributed by atoms with Crippen molar-refractivity contribution in [2.45, 2.75) is 41.5 Å². The Hall–Kier alpha value is 2.00. The number of hydrogen-bond acceptors (Lipinski definition) is 0. The molecule has 0 saturated heterocycles. The van der Waals surface area contributed by atoms with Crippen molar-refractivity contribution >= 4 is 26.8 Å². The summed E-state index contributed by atoms with van der Waals surface area (Å²) < 4.78 is 1.40. The number of alkyl halides is 1. The van der Waals surface area contributed by atoms with Gasteiger partial charge in [-0.25, -0.2) is 0 Å². The van der Waals surface area contributed by atoms with Gasteiger partial charge in [-0.3, -0.25) is 0 Å². The molecule has 113 valence electrons. The van der Waals surface area contributed by atoms with E-state index < -0.39 is 10.9 Å². The molecular weight excluding hydrogens is 404 g/mol. The number of halogens is 1. The molecular formula is C13H34BrP2Pd. The Morgan fingerprint density at radius 1 is 0.647 bits per heavy atom. The third-order valence-corrected chi connectivity index (χ3v) is 55.0. The van der Waals surface area contributed by atoms with Gasteiger partial charge in [0.05, 0.1) is 0 Å². The Balaban J connectivity index is 5.39. The van der Waals surface area contributed by atoms with E-state index in [-0.39, 0.29) is 15.8 Å². The van der Waals surface area contributed by atoms with E-state index in [0.717, 1.165) is 0 Å². The molecule has 0 atom stereocenters. The van der Waals surface area contributed by atoms with E-state index in [9.17, 15) is 0 Å². The summed E-state index contributed by atoms with van der Waals surface area (Å²) in [6.07, 6.45) is 9.26. The molecule has 0 aromatic rings. The maximum absolute atomic E-state index is 3.95. The molecule has 0 aliphatic carbocycles. The van der Waals surface area contributed by atoms with Crippen molar-refractivity contribution in [1.29, 1.82) is 0 Å². The van der Waals surface area contributed by atoms with Gasteiger partial charge in [0.15, 0.2) is 0 Å². The van der Waals surface area contributed by atoms with Gasteiger partial charge in [-0.2, -0.15) is 0 Å². The molecule has 0 aliphatic heterocycles. The number of hydrogen-bond donors (Lipinski definition) is 0. The van der Waals surface area contributed by atoms with E-state index >= 15 is 0 Å². The summed E-state index contributed by atoms with van der Waals surface area (Å²) in [5.74, 6) is 0. The van der Waals surface area contributed by atoms with Crippen LogP contribution in [0.4, 0.5) is 0 Å². The normalized spacial score (nSPS) is 15.8. The van der Waals surface area contributed by atoms with Crippen molar-refractivity contribution in [3.8, 4) is 0 Å². The van der Waals surface area contributed by atoms with Gasteiger partial charge in [0.2, 0.25) is 0 Å². The first-order chi connectivity index (χ1) is 8.06. The van der Waals surface area contributed by atoms with Crippen LogP contribution in [0.5, 0.6) is 0 Å². The Bertz CT molecular complexity index is 167. The predicted octanol–water partition coefficient (Wildman–Crippen LogP) is 5.41. The van der Waals surface area contributed by atoms with Crippen molar-refractivity contribution in [2.24, 2.45) is 0 Å². The van der Waals surface area contributed by atoms with Crippen LogP contribution in [0.1, 0.15) is 41.5 Å². The van der Waals surface area contributed by atoms with Gasteiger partial charge in [0.1, 0.15) is 0 Å². The summed E-state index contributed by atoms with van der Waals surface area (Å²) in [6.45, 7) is 15.0. The molecule has 0 fully saturated rings. The third-order valence-electron chi connectivity index (χ3n) is 4.57. The molecule has 0 rings (SSSR count). The van der Waals surface area contributed by atoms with Crippen LogP contribution in [0.3, 0.4) is 0 Å². The molecule has 0 heterocycles. The summed E-state index contributed by atoms with van der Waals surface area (Å²) >= 11 is 3.69. The molecule has 0 radical (unpaired) electrons. The van der Waals surface area contributed by atoms with Gasteiger partial charge >= 0.3 is 125 Å². The Kier molecular flexibility index (Phi) is 10.1. The first-order valence-electron chi connectivity index (χ1n) is 7.17. The van der Waals surface area contributed by atoms with E-state index in [0.29, 0.717) is 0 Å². The zero-order chi connectivity index (χ0) is 13.5. The molecule has 0 bridgehead atoms. The summed E-state index contributed by atoms with van der Waals surface area (Å²) in [7, 11) is 0. The van der Waals surface area contributed by atoms with Gasteiger partial charge < -0.3 is 0 Å². The fourth-order valence-electron chi connectivity index (χ4n) is 2.84. The minimum absolute atomic E-state index is 0.262. The molecule has 0 amide bonds. The van der Waals surface area contributed by atoms with E-state index in [1.807, 2.05) is 0 Å². The summed E-state index contributed by atoms with van der Waals surface area (Å²) in [5.41, 5.74) is -1.83. The van der Waals surface area contributed by atoms with E-state index in [1.54, 1.807) is 37.0 Å². The molecule has 0 spiro atoms. The summed E-state index contributed by atoms with van der Waals surface area (Å²) in [6, 6.07) is 0. The first kappa shape index (κ1) is 19.0. The van der Waals surface area contributed by atoms with Gasteiger partial charge in [-0.1, -0.05) is 0 Å². The molecule has 0 aromatic heterocycles. The van der Waals surface area contributed by atoms with Crippen LogP contribution in [0, 0.1) is 0 Å². The van der Waals surface area contributed by atoms with Crippen LogP contribution in [0.2, 0.25) is 0 Å². The number of rotatable bonds is 9. The molecule has 0 aromatic carbocycles. The van der Waals surface area contributed by atoms with Gasteiger partial charge in [-0.05, 0) is 0 Å². The average Bonchev–Trinajstić information content (AvgIpc) is 2.40. The van der Waals surface area contributed by atoms with Gasteiger partial charge in [0.25, 0.3) is 0 Å². The van der Waals surface area contributed by atoms with Crippen LogP contribution < -0.4 is 0 Å². The van der Waals surface area contributed by atoms with Crippen molar-refractivity contribution in [2.75, 3.05) is 40.8 Å². The van der Waals surface area contributed by atoms with Crippen molar-refractivity contribution in [3.63, 3.8) is 0 Å². The molecule has 0 N–H and O–H groups in total. The zero-order valence-electron chi connectivity index (χ0n) is 12.6. The zero-order valence-corrected chi connectivity index (χ0v) is 17.8. The van der Waals surface area contributed by atoms with Crippen LogP contribution in [0.25, 0.3) is 0 Å². The van der Waals surface area contributed by atoms with E-state index in [2.05, 4.69) is 57.5 Å². The van der Waals surface area contributed by atoms with Crippen LogP contribution in [0.15, 0.2) is 0 Å². The second-order valence-corrected chi connectivity index (χ2v) is 33.5. The molecule has 0 saturated carbocycles. The topological polar surface area (TPSA) is 0 Å². The van der Waals surface area contributed by atoms with Crippen LogP contribution >= 0.6 is 26.8 Å². The molecule has 0 unspecified atom stereocenters. The predicted molar refractivity (Wildman–Crippen MR) is 93.7 cm³/mol. The minimum atomic E-state index is -0.914. The SMILES string of the molecule is CC[PH](CC)(CC)[Pd]([CH2]Br)[PH](CC)(CC)CC. The molecule has 17 heavy (non-hydrogen) atoms. The molecule has 4 heteroatoms. The van der Waals surface area contributed by atoms with E-state index in [4.69, 9.17) is 0 Å². The monoisotopic (exact) mass is 437 g/mol. The fourth-order valence-corrected chi connectivity index (χ4v) is 66.3. The average molecular weight is 439 g/mol. The standard InChI is InChI=1S/2C6H15P.CH2Br.Pd/c2*1-4-7(5-2)6-3;1-2;/h2*4-6H2,1-3H3;1H2;/q;;;-2/p+2. The van der Waals surface area contributed by atoms with Gasteiger partial charge in [-0.15, -0.1) is 0 Å². The summed E-state index contributed by atoms with van der Waals surface area (Å²) in [4.78, 5) is 0. The third kappa shape index (κ3) is 3.99. The van der Waals surface area contributed by atoms with Gasteiger partial charge in [0, 0.05) is 0 Å². The van der Waals surface area contributed by atoms with Crippen molar-refractivity contribution < 1.29 is 15.8 Å². The van der Waals surface area contributed by atoms with Crippen LogP contribution in [-0.4, -0.2) is 40.8 Å². The Labute approximate surface area is 124 Å². The second-order valence-electron chi connectivity index (χ2n) is 4.68. The molecule has 0 aliphatic rings. The fraction of sp³-hybridized carbons (Fsp3) is 1.00. The van der Waals surface area contributed by atoms with Crippen LogP contribution in [-0.2, 0) is 15.8 Å². The second kappa shape index (κ2) is 9.03. The summed E-state index contributed by atoms with van der Waals surface area (Å²) in [5, 5.41) is 0. The first-order valence-corrected chi connectivity index (χ1v) is 18.9. The quantitative estimate of drug-likeness (QED) is 0.257. The Morgan fingerprint density at radius 3 is 1.00 bits per heavy atom. The van der Waals surface area contributed by atoms with Crippen molar-refractivity contribution in [3.05, 3.63) is 0 Å². The molecule has 0 nitrogen and oxygen atoms in total. The van der Waals surface area contributed by atoms with E-state index in [1.165, 1.54) is 3.80 Å². The van der Waals surface area contributed by atoms with Crippen molar-refractivity contribution in [1.82, 2.24) is 0 Å².